The molecule has 0 aliphatic rings. The zero-order valence-electron chi connectivity index (χ0n) is 13.0. The first-order valence-corrected chi connectivity index (χ1v) is 8.17. The highest BCUT2D eigenvalue weighted by Gasteiger charge is 2.05. The Morgan fingerprint density at radius 3 is 2.91 bits per heavy atom. The van der Waals surface area contributed by atoms with Gasteiger partial charge in [0.25, 0.3) is 0 Å². The lowest BCUT2D eigenvalue weighted by molar-refractivity contribution is -0.121. The molecule has 0 unspecified atom stereocenters. The van der Waals surface area contributed by atoms with Gasteiger partial charge in [-0.05, 0) is 29.8 Å². The molecule has 0 aliphatic heterocycles. The second kappa shape index (κ2) is 9.27. The Kier molecular flexibility index (Phi) is 7.03. The van der Waals surface area contributed by atoms with E-state index in [0.717, 1.165) is 21.3 Å². The topological polar surface area (TPSA) is 63.2 Å². The molecule has 1 amide bonds. The minimum Gasteiger partial charge on any atom is -0.496 e. The number of rotatable bonds is 8. The first kappa shape index (κ1) is 17.4. The fraction of sp³-hybridized carbons (Fsp3) is 0.294. The number of hydrogen-bond acceptors (Lipinski definition) is 4. The van der Waals surface area contributed by atoms with Crippen molar-refractivity contribution in [2.24, 2.45) is 0 Å². The molecule has 0 bridgehead atoms. The van der Waals surface area contributed by atoms with Crippen LogP contribution in [0.25, 0.3) is 0 Å². The van der Waals surface area contributed by atoms with Crippen LogP contribution >= 0.6 is 15.9 Å². The molecule has 122 valence electrons. The maximum Gasteiger partial charge on any atom is 0.221 e. The van der Waals surface area contributed by atoms with E-state index in [4.69, 9.17) is 4.74 Å². The van der Waals surface area contributed by atoms with Gasteiger partial charge in [0.15, 0.2) is 0 Å². The minimum atomic E-state index is 0.0163. The van der Waals surface area contributed by atoms with Gasteiger partial charge in [0, 0.05) is 48.5 Å². The van der Waals surface area contributed by atoms with Gasteiger partial charge in [-0.15, -0.1) is 0 Å². The predicted octanol–water partition coefficient (Wildman–Crippen LogP) is 2.65. The molecule has 2 aromatic rings. The molecular formula is C17H20BrN3O2. The second-order valence-electron chi connectivity index (χ2n) is 5.02. The molecular weight excluding hydrogens is 358 g/mol. The molecule has 0 atom stereocenters. The molecule has 5 nitrogen and oxygen atoms in total. The summed E-state index contributed by atoms with van der Waals surface area (Å²) in [6.07, 6.45) is 3.89. The van der Waals surface area contributed by atoms with Gasteiger partial charge >= 0.3 is 0 Å². The average Bonchev–Trinajstić information content (AvgIpc) is 2.58. The number of aromatic nitrogens is 1. The molecule has 6 heteroatoms. The molecule has 0 saturated heterocycles. The van der Waals surface area contributed by atoms with Crippen LogP contribution in [0.4, 0.5) is 0 Å². The van der Waals surface area contributed by atoms with E-state index in [-0.39, 0.29) is 5.91 Å². The second-order valence-corrected chi connectivity index (χ2v) is 5.94. The van der Waals surface area contributed by atoms with Gasteiger partial charge in [-0.1, -0.05) is 22.0 Å². The summed E-state index contributed by atoms with van der Waals surface area (Å²) < 4.78 is 6.32. The van der Waals surface area contributed by atoms with E-state index in [9.17, 15) is 4.79 Å². The number of methoxy groups -OCH3 is 1. The van der Waals surface area contributed by atoms with Crippen molar-refractivity contribution >= 4 is 21.8 Å². The summed E-state index contributed by atoms with van der Waals surface area (Å²) in [4.78, 5) is 15.8. The van der Waals surface area contributed by atoms with E-state index in [2.05, 4.69) is 31.5 Å². The van der Waals surface area contributed by atoms with E-state index in [0.29, 0.717) is 26.1 Å². The van der Waals surface area contributed by atoms with Crippen molar-refractivity contribution in [3.05, 3.63) is 58.3 Å². The van der Waals surface area contributed by atoms with Crippen LogP contribution < -0.4 is 15.4 Å². The standard InChI is InChI=1S/C17H20BrN3O2/c1-23-16-5-4-15(18)9-14(16)12-20-8-6-17(22)21-11-13-3-2-7-19-10-13/h2-5,7,9-10,20H,6,8,11-12H2,1H3,(H,21,22). The minimum absolute atomic E-state index is 0.0163. The molecule has 1 heterocycles. The Morgan fingerprint density at radius 2 is 2.17 bits per heavy atom. The van der Waals surface area contributed by atoms with Crippen LogP contribution in [0, 0.1) is 0 Å². The number of ether oxygens (including phenoxy) is 1. The first-order valence-electron chi connectivity index (χ1n) is 7.38. The molecule has 0 radical (unpaired) electrons. The maximum absolute atomic E-state index is 11.8. The number of nitrogens with zero attached hydrogens (tertiary/aromatic N) is 1. The number of carbonyl (C=O) groups is 1. The van der Waals surface area contributed by atoms with Gasteiger partial charge in [-0.2, -0.15) is 0 Å². The van der Waals surface area contributed by atoms with Crippen molar-refractivity contribution in [3.63, 3.8) is 0 Å². The number of carbonyl (C=O) groups excluding carboxylic acids is 1. The van der Waals surface area contributed by atoms with Gasteiger partial charge < -0.3 is 15.4 Å². The molecule has 0 fully saturated rings. The van der Waals surface area contributed by atoms with Crippen LogP contribution in [0.5, 0.6) is 5.75 Å². The lowest BCUT2D eigenvalue weighted by Gasteiger charge is -2.10. The fourth-order valence-electron chi connectivity index (χ4n) is 2.10. The van der Waals surface area contributed by atoms with Crippen molar-refractivity contribution in [2.45, 2.75) is 19.5 Å². The Hall–Kier alpha value is -1.92. The van der Waals surface area contributed by atoms with Crippen molar-refractivity contribution in [1.29, 1.82) is 0 Å². The third-order valence-electron chi connectivity index (χ3n) is 3.30. The van der Waals surface area contributed by atoms with Crippen LogP contribution in [0.3, 0.4) is 0 Å². The predicted molar refractivity (Wildman–Crippen MR) is 93.1 cm³/mol. The molecule has 2 N–H and O–H groups in total. The number of hydrogen-bond donors (Lipinski definition) is 2. The summed E-state index contributed by atoms with van der Waals surface area (Å²) in [5.74, 6) is 0.851. The Morgan fingerprint density at radius 1 is 1.30 bits per heavy atom. The van der Waals surface area contributed by atoms with Gasteiger partial charge in [-0.3, -0.25) is 9.78 Å². The Balaban J connectivity index is 1.69. The van der Waals surface area contributed by atoms with Gasteiger partial charge in [-0.25, -0.2) is 0 Å². The van der Waals surface area contributed by atoms with Crippen molar-refractivity contribution in [2.75, 3.05) is 13.7 Å². The first-order chi connectivity index (χ1) is 11.2. The summed E-state index contributed by atoms with van der Waals surface area (Å²) in [5, 5.41) is 6.14. The van der Waals surface area contributed by atoms with Crippen molar-refractivity contribution in [3.8, 4) is 5.75 Å². The summed E-state index contributed by atoms with van der Waals surface area (Å²) >= 11 is 3.45. The van der Waals surface area contributed by atoms with Crippen LogP contribution in [-0.4, -0.2) is 24.5 Å². The van der Waals surface area contributed by atoms with Crippen LogP contribution in [0.15, 0.2) is 47.2 Å². The fourth-order valence-corrected chi connectivity index (χ4v) is 2.51. The summed E-state index contributed by atoms with van der Waals surface area (Å²) in [6.45, 7) is 1.76. The molecule has 2 rings (SSSR count). The van der Waals surface area contributed by atoms with Crippen LogP contribution in [0.1, 0.15) is 17.5 Å². The molecule has 1 aromatic carbocycles. The van der Waals surface area contributed by atoms with Crippen LogP contribution in [0.2, 0.25) is 0 Å². The molecule has 1 aromatic heterocycles. The third-order valence-corrected chi connectivity index (χ3v) is 3.79. The molecule has 23 heavy (non-hydrogen) atoms. The van der Waals surface area contributed by atoms with E-state index in [1.54, 1.807) is 19.5 Å². The van der Waals surface area contributed by atoms with E-state index < -0.39 is 0 Å². The maximum atomic E-state index is 11.8. The number of pyridine rings is 1. The van der Waals surface area contributed by atoms with Gasteiger partial charge in [0.2, 0.25) is 5.91 Å². The third kappa shape index (κ3) is 6.00. The highest BCUT2D eigenvalue weighted by atomic mass is 79.9. The van der Waals surface area contributed by atoms with Gasteiger partial charge in [0.05, 0.1) is 7.11 Å². The van der Waals surface area contributed by atoms with Crippen LogP contribution in [-0.2, 0) is 17.9 Å². The normalized spacial score (nSPS) is 10.3. The monoisotopic (exact) mass is 377 g/mol. The zero-order valence-corrected chi connectivity index (χ0v) is 14.6. The number of halogens is 1. The van der Waals surface area contributed by atoms with E-state index >= 15 is 0 Å². The smallest absolute Gasteiger partial charge is 0.221 e. The average molecular weight is 378 g/mol. The summed E-state index contributed by atoms with van der Waals surface area (Å²) in [7, 11) is 1.65. The Bertz CT molecular complexity index is 635. The lowest BCUT2D eigenvalue weighted by Crippen LogP contribution is -2.27. The SMILES string of the molecule is COc1ccc(Br)cc1CNCCC(=O)NCc1cccnc1. The van der Waals surface area contributed by atoms with Gasteiger partial charge in [0.1, 0.15) is 5.75 Å². The zero-order chi connectivity index (χ0) is 16.5. The molecule has 0 saturated carbocycles. The largest absolute Gasteiger partial charge is 0.496 e. The number of benzene rings is 1. The quantitative estimate of drug-likeness (QED) is 0.694. The van der Waals surface area contributed by atoms with E-state index in [1.807, 2.05) is 30.3 Å². The molecule has 0 spiro atoms. The number of nitrogens with one attached hydrogen (secondary N) is 2. The highest BCUT2D eigenvalue weighted by molar-refractivity contribution is 9.10. The Labute approximate surface area is 144 Å². The number of amides is 1. The van der Waals surface area contributed by atoms with E-state index in [1.165, 1.54) is 0 Å². The highest BCUT2D eigenvalue weighted by Crippen LogP contribution is 2.22. The summed E-state index contributed by atoms with van der Waals surface area (Å²) in [6, 6.07) is 9.66. The summed E-state index contributed by atoms with van der Waals surface area (Å²) in [5.41, 5.74) is 2.05. The van der Waals surface area contributed by atoms with Crippen molar-refractivity contribution < 1.29 is 9.53 Å². The lowest BCUT2D eigenvalue weighted by atomic mass is 10.2. The van der Waals surface area contributed by atoms with Crippen molar-refractivity contribution in [1.82, 2.24) is 15.6 Å². The molecule has 0 aliphatic carbocycles.